The fourth-order valence-corrected chi connectivity index (χ4v) is 3.58. The lowest BCUT2D eigenvalue weighted by Gasteiger charge is -2.25. The maximum absolute atomic E-state index is 11.9. The predicted octanol–water partition coefficient (Wildman–Crippen LogP) is -0.0899. The highest BCUT2D eigenvalue weighted by Crippen LogP contribution is 2.44. The van der Waals surface area contributed by atoms with Crippen LogP contribution in [-0.2, 0) is 4.79 Å². The summed E-state index contributed by atoms with van der Waals surface area (Å²) in [4.78, 5) is 24.3. The molecule has 2 fully saturated rings. The number of ether oxygens (including phenoxy) is 1. The maximum Gasteiger partial charge on any atom is 0.313 e. The van der Waals surface area contributed by atoms with Crippen molar-refractivity contribution in [2.45, 2.75) is 6.92 Å². The van der Waals surface area contributed by atoms with E-state index in [-0.39, 0.29) is 11.9 Å². The molecular weight excluding hydrogens is 286 g/mol. The van der Waals surface area contributed by atoms with Crippen LogP contribution in [0.1, 0.15) is 6.92 Å². The molecule has 0 spiro atoms. The van der Waals surface area contributed by atoms with Crippen molar-refractivity contribution in [2.24, 2.45) is 11.3 Å². The minimum atomic E-state index is -0.733. The van der Waals surface area contributed by atoms with Crippen LogP contribution in [0.4, 0.5) is 11.8 Å². The monoisotopic (exact) mass is 307 g/mol. The molecule has 0 aromatic carbocycles. The number of carbonyl (C=O) groups is 1. The molecule has 2 aliphatic rings. The smallest absolute Gasteiger partial charge is 0.313 e. The summed E-state index contributed by atoms with van der Waals surface area (Å²) in [6.07, 6.45) is 0. The molecule has 0 aliphatic carbocycles. The molecule has 22 heavy (non-hydrogen) atoms. The molecule has 1 aromatic rings. The first-order valence-corrected chi connectivity index (χ1v) is 7.37. The van der Waals surface area contributed by atoms with Gasteiger partial charge in [0, 0.05) is 38.2 Å². The van der Waals surface area contributed by atoms with Gasteiger partial charge in [0.15, 0.2) is 0 Å². The first-order chi connectivity index (χ1) is 10.5. The van der Waals surface area contributed by atoms with Crippen LogP contribution in [0.25, 0.3) is 0 Å². The zero-order valence-electron chi connectivity index (χ0n) is 12.8. The second-order valence-corrected chi connectivity index (χ2v) is 5.99. The third-order valence-corrected chi connectivity index (χ3v) is 4.79. The van der Waals surface area contributed by atoms with Crippen molar-refractivity contribution in [2.75, 3.05) is 50.5 Å². The number of hydrogen-bond acceptors (Lipinski definition) is 7. The fourth-order valence-electron chi connectivity index (χ4n) is 3.58. The lowest BCUT2D eigenvalue weighted by molar-refractivity contribution is -0.148. The standard InChI is InChI=1S/C14H21N5O3/c1-3-18-5-9-6-19(8-14(9,7-18)12(20)21)10-4-11(22-2)17-13(15)16-10/h4,9H,3,5-8H2,1-2H3,(H,20,21)(H2,15,16,17)/t9-,14-/m1/s1. The Balaban J connectivity index is 1.88. The average Bonchev–Trinajstić information content (AvgIpc) is 3.01. The van der Waals surface area contributed by atoms with E-state index in [0.29, 0.717) is 31.3 Å². The average molecular weight is 307 g/mol. The van der Waals surface area contributed by atoms with E-state index in [0.717, 1.165) is 13.1 Å². The van der Waals surface area contributed by atoms with Crippen LogP contribution >= 0.6 is 0 Å². The Morgan fingerprint density at radius 2 is 2.27 bits per heavy atom. The largest absolute Gasteiger partial charge is 0.481 e. The highest BCUT2D eigenvalue weighted by atomic mass is 16.5. The highest BCUT2D eigenvalue weighted by Gasteiger charge is 2.57. The zero-order valence-corrected chi connectivity index (χ0v) is 12.8. The first-order valence-electron chi connectivity index (χ1n) is 7.37. The van der Waals surface area contributed by atoms with Crippen LogP contribution in [0, 0.1) is 11.3 Å². The lowest BCUT2D eigenvalue weighted by Crippen LogP contribution is -2.41. The summed E-state index contributed by atoms with van der Waals surface area (Å²) in [7, 11) is 1.52. The molecule has 0 unspecified atom stereocenters. The summed E-state index contributed by atoms with van der Waals surface area (Å²) in [5.41, 5.74) is 4.97. The van der Waals surface area contributed by atoms with Crippen LogP contribution < -0.4 is 15.4 Å². The van der Waals surface area contributed by atoms with E-state index in [4.69, 9.17) is 10.5 Å². The number of methoxy groups -OCH3 is 1. The molecule has 8 nitrogen and oxygen atoms in total. The van der Waals surface area contributed by atoms with Crippen LogP contribution in [-0.4, -0.2) is 65.8 Å². The van der Waals surface area contributed by atoms with Crippen molar-refractivity contribution in [3.63, 3.8) is 0 Å². The van der Waals surface area contributed by atoms with Crippen LogP contribution in [0.2, 0.25) is 0 Å². The van der Waals surface area contributed by atoms with Gasteiger partial charge in [0.25, 0.3) is 0 Å². The van der Waals surface area contributed by atoms with E-state index >= 15 is 0 Å². The Hall–Kier alpha value is -2.09. The van der Waals surface area contributed by atoms with Crippen molar-refractivity contribution < 1.29 is 14.6 Å². The van der Waals surface area contributed by atoms with Crippen molar-refractivity contribution in [1.29, 1.82) is 0 Å². The molecule has 8 heteroatoms. The van der Waals surface area contributed by atoms with Gasteiger partial charge >= 0.3 is 5.97 Å². The topological polar surface area (TPSA) is 105 Å². The molecule has 0 bridgehead atoms. The molecule has 120 valence electrons. The minimum Gasteiger partial charge on any atom is -0.481 e. The van der Waals surface area contributed by atoms with E-state index in [2.05, 4.69) is 21.8 Å². The van der Waals surface area contributed by atoms with Crippen LogP contribution in [0.15, 0.2) is 6.07 Å². The SMILES string of the molecule is CCN1C[C@@H]2CN(c3cc(OC)nc(N)n3)C[C@]2(C(=O)O)C1. The molecular formula is C14H21N5O3. The van der Waals surface area contributed by atoms with Gasteiger partial charge in [-0.15, -0.1) is 0 Å². The third kappa shape index (κ3) is 2.23. The summed E-state index contributed by atoms with van der Waals surface area (Å²) >= 11 is 0. The number of carboxylic acid groups (broad SMARTS) is 1. The number of rotatable bonds is 4. The summed E-state index contributed by atoms with van der Waals surface area (Å²) in [5, 5.41) is 9.77. The number of anilines is 2. The van der Waals surface area contributed by atoms with Crippen molar-refractivity contribution >= 4 is 17.7 Å². The number of nitrogen functional groups attached to an aromatic ring is 1. The van der Waals surface area contributed by atoms with Gasteiger partial charge in [0.05, 0.1) is 7.11 Å². The van der Waals surface area contributed by atoms with Gasteiger partial charge in [-0.05, 0) is 6.54 Å². The highest BCUT2D eigenvalue weighted by molar-refractivity contribution is 5.78. The Kier molecular flexibility index (Phi) is 3.56. The molecule has 1 aromatic heterocycles. The molecule has 3 N–H and O–H groups in total. The molecule has 0 saturated carbocycles. The number of hydrogen-bond donors (Lipinski definition) is 2. The molecule has 2 saturated heterocycles. The third-order valence-electron chi connectivity index (χ3n) is 4.79. The molecule has 3 rings (SSSR count). The second kappa shape index (κ2) is 5.28. The molecule has 0 amide bonds. The number of nitrogens with two attached hydrogens (primary N) is 1. The Labute approximate surface area is 128 Å². The second-order valence-electron chi connectivity index (χ2n) is 5.99. The van der Waals surface area contributed by atoms with Crippen molar-refractivity contribution in [3.05, 3.63) is 6.07 Å². The number of fused-ring (bicyclic) bond motifs is 1. The molecule has 2 aliphatic heterocycles. The van der Waals surface area contributed by atoms with E-state index in [1.165, 1.54) is 7.11 Å². The van der Waals surface area contributed by atoms with Gasteiger partial charge in [0.1, 0.15) is 11.2 Å². The van der Waals surface area contributed by atoms with Gasteiger partial charge in [-0.1, -0.05) is 6.92 Å². The number of likely N-dealkylation sites (tertiary alicyclic amines) is 1. The summed E-state index contributed by atoms with van der Waals surface area (Å²) in [5.74, 6) is 0.504. The van der Waals surface area contributed by atoms with Crippen molar-refractivity contribution in [3.8, 4) is 5.88 Å². The normalized spacial score (nSPS) is 27.9. The summed E-state index contributed by atoms with van der Waals surface area (Å²) < 4.78 is 5.11. The maximum atomic E-state index is 11.9. The Morgan fingerprint density at radius 1 is 1.50 bits per heavy atom. The predicted molar refractivity (Wildman–Crippen MR) is 80.9 cm³/mol. The van der Waals surface area contributed by atoms with Crippen LogP contribution in [0.5, 0.6) is 5.88 Å². The number of carboxylic acids is 1. The van der Waals surface area contributed by atoms with Gasteiger partial charge in [-0.2, -0.15) is 9.97 Å². The fraction of sp³-hybridized carbons (Fsp3) is 0.643. The van der Waals surface area contributed by atoms with E-state index < -0.39 is 11.4 Å². The van der Waals surface area contributed by atoms with E-state index in [1.807, 2.05) is 4.90 Å². The van der Waals surface area contributed by atoms with Gasteiger partial charge in [-0.3, -0.25) is 4.79 Å². The molecule has 3 heterocycles. The minimum absolute atomic E-state index is 0.0899. The van der Waals surface area contributed by atoms with Gasteiger partial charge < -0.3 is 25.4 Å². The van der Waals surface area contributed by atoms with Crippen LogP contribution in [0.3, 0.4) is 0 Å². The number of aromatic nitrogens is 2. The van der Waals surface area contributed by atoms with Gasteiger partial charge in [0.2, 0.25) is 11.8 Å². The van der Waals surface area contributed by atoms with Crippen molar-refractivity contribution in [1.82, 2.24) is 14.9 Å². The molecule has 0 radical (unpaired) electrons. The first kappa shape index (κ1) is 14.8. The van der Waals surface area contributed by atoms with E-state index in [1.54, 1.807) is 6.07 Å². The Morgan fingerprint density at radius 3 is 2.86 bits per heavy atom. The van der Waals surface area contributed by atoms with Gasteiger partial charge in [-0.25, -0.2) is 0 Å². The number of aliphatic carboxylic acids is 1. The van der Waals surface area contributed by atoms with E-state index in [9.17, 15) is 9.90 Å². The molecule has 2 atom stereocenters. The lowest BCUT2D eigenvalue weighted by atomic mass is 9.81. The quantitative estimate of drug-likeness (QED) is 0.795. The zero-order chi connectivity index (χ0) is 15.9. The Bertz CT molecular complexity index is 596. The summed E-state index contributed by atoms with van der Waals surface area (Å²) in [6.45, 7) is 5.41. The number of nitrogens with zero attached hydrogens (tertiary/aromatic N) is 4. The summed E-state index contributed by atoms with van der Waals surface area (Å²) in [6, 6.07) is 1.70.